The summed E-state index contributed by atoms with van der Waals surface area (Å²) < 4.78 is 15.1. The van der Waals surface area contributed by atoms with Crippen LogP contribution in [0.5, 0.6) is 0 Å². The first-order valence-corrected chi connectivity index (χ1v) is 6.69. The van der Waals surface area contributed by atoms with Gasteiger partial charge in [-0.1, -0.05) is 19.8 Å². The predicted octanol–water partition coefficient (Wildman–Crippen LogP) is 2.36. The first-order chi connectivity index (χ1) is 9.17. The van der Waals surface area contributed by atoms with Gasteiger partial charge in [0.25, 0.3) is 0 Å². The molecule has 1 aromatic heterocycles. The van der Waals surface area contributed by atoms with Gasteiger partial charge in [-0.2, -0.15) is 0 Å². The van der Waals surface area contributed by atoms with Gasteiger partial charge in [-0.3, -0.25) is 0 Å². The lowest BCUT2D eigenvalue weighted by atomic mass is 10.1. The molecule has 0 aliphatic heterocycles. The number of halogens is 1. The molecule has 1 heterocycles. The number of unbranched alkanes of at least 4 members (excludes halogenated alkanes) is 1. The molecule has 2 rings (SSSR count). The number of aliphatic hydroxyl groups is 1. The first kappa shape index (κ1) is 14.0. The minimum Gasteiger partial charge on any atom is -0.395 e. The Morgan fingerprint density at radius 2 is 2.26 bits per heavy atom. The molecule has 2 aromatic rings. The smallest absolute Gasteiger partial charge is 0.126 e. The largest absolute Gasteiger partial charge is 0.395 e. The molecule has 0 saturated carbocycles. The van der Waals surface area contributed by atoms with Gasteiger partial charge in [0.15, 0.2) is 0 Å². The van der Waals surface area contributed by atoms with Crippen LogP contribution in [0.3, 0.4) is 0 Å². The van der Waals surface area contributed by atoms with Gasteiger partial charge in [-0.05, 0) is 18.6 Å². The lowest BCUT2D eigenvalue weighted by Crippen LogP contribution is -2.17. The molecule has 0 bridgehead atoms. The van der Waals surface area contributed by atoms with E-state index in [1.54, 1.807) is 6.07 Å². The molecule has 0 aliphatic carbocycles. The zero-order chi connectivity index (χ0) is 13.8. The first-order valence-electron chi connectivity index (χ1n) is 6.69. The molecule has 0 saturated heterocycles. The van der Waals surface area contributed by atoms with Gasteiger partial charge >= 0.3 is 0 Å². The summed E-state index contributed by atoms with van der Waals surface area (Å²) in [5.41, 5.74) is 7.57. The van der Waals surface area contributed by atoms with Crippen molar-refractivity contribution in [1.82, 2.24) is 9.55 Å². The van der Waals surface area contributed by atoms with Crippen LogP contribution in [-0.2, 0) is 6.54 Å². The molecule has 3 N–H and O–H groups in total. The van der Waals surface area contributed by atoms with E-state index in [2.05, 4.69) is 11.9 Å². The number of hydrogen-bond acceptors (Lipinski definition) is 3. The molecular weight excluding hydrogens is 245 g/mol. The van der Waals surface area contributed by atoms with E-state index >= 15 is 0 Å². The number of nitrogens with two attached hydrogens (primary N) is 1. The second-order valence-corrected chi connectivity index (χ2v) is 4.73. The Morgan fingerprint density at radius 3 is 2.95 bits per heavy atom. The fourth-order valence-corrected chi connectivity index (χ4v) is 2.29. The summed E-state index contributed by atoms with van der Waals surface area (Å²) in [7, 11) is 0. The van der Waals surface area contributed by atoms with E-state index in [0.717, 1.165) is 30.6 Å². The van der Waals surface area contributed by atoms with Crippen molar-refractivity contribution in [3.63, 3.8) is 0 Å². The van der Waals surface area contributed by atoms with Crippen molar-refractivity contribution in [2.24, 2.45) is 5.73 Å². The highest BCUT2D eigenvalue weighted by atomic mass is 19.1. The van der Waals surface area contributed by atoms with Crippen LogP contribution >= 0.6 is 0 Å². The highest BCUT2D eigenvalue weighted by Crippen LogP contribution is 2.23. The summed E-state index contributed by atoms with van der Waals surface area (Å²) in [5.74, 6) is 0.415. The molecule has 5 heteroatoms. The van der Waals surface area contributed by atoms with Crippen LogP contribution in [0.1, 0.15) is 38.1 Å². The highest BCUT2D eigenvalue weighted by molar-refractivity contribution is 5.76. The van der Waals surface area contributed by atoms with E-state index in [9.17, 15) is 9.50 Å². The van der Waals surface area contributed by atoms with Crippen molar-refractivity contribution in [2.75, 3.05) is 6.61 Å². The summed E-state index contributed by atoms with van der Waals surface area (Å²) >= 11 is 0. The van der Waals surface area contributed by atoms with Crippen molar-refractivity contribution in [3.05, 3.63) is 29.8 Å². The second-order valence-electron chi connectivity index (χ2n) is 4.73. The molecule has 0 fully saturated rings. The SMILES string of the molecule is CCCCC(N)c1nc2cc(F)ccc2n1CCO. The van der Waals surface area contributed by atoms with Crippen molar-refractivity contribution < 1.29 is 9.50 Å². The van der Waals surface area contributed by atoms with E-state index in [1.165, 1.54) is 12.1 Å². The molecule has 1 atom stereocenters. The van der Waals surface area contributed by atoms with Gasteiger partial charge in [0.1, 0.15) is 11.6 Å². The quantitative estimate of drug-likeness (QED) is 0.842. The maximum Gasteiger partial charge on any atom is 0.126 e. The number of nitrogens with zero attached hydrogens (tertiary/aromatic N) is 2. The standard InChI is InChI=1S/C14H20FN3O/c1-2-3-4-11(16)14-17-12-9-10(15)5-6-13(12)18(14)7-8-19/h5-6,9,11,19H,2-4,7-8,16H2,1H3. The molecule has 1 aromatic carbocycles. The van der Waals surface area contributed by atoms with Gasteiger partial charge in [-0.25, -0.2) is 9.37 Å². The molecule has 0 aliphatic rings. The Hall–Kier alpha value is -1.46. The van der Waals surface area contributed by atoms with Crippen LogP contribution in [0.2, 0.25) is 0 Å². The lowest BCUT2D eigenvalue weighted by molar-refractivity contribution is 0.274. The van der Waals surface area contributed by atoms with Crippen LogP contribution in [0.25, 0.3) is 11.0 Å². The minimum atomic E-state index is -0.310. The van der Waals surface area contributed by atoms with Gasteiger partial charge in [-0.15, -0.1) is 0 Å². The topological polar surface area (TPSA) is 64.1 Å². The van der Waals surface area contributed by atoms with Crippen molar-refractivity contribution >= 4 is 11.0 Å². The summed E-state index contributed by atoms with van der Waals surface area (Å²) in [6.07, 6.45) is 2.94. The summed E-state index contributed by atoms with van der Waals surface area (Å²) in [6.45, 7) is 2.55. The fraction of sp³-hybridized carbons (Fsp3) is 0.500. The van der Waals surface area contributed by atoms with Gasteiger partial charge in [0.2, 0.25) is 0 Å². The van der Waals surface area contributed by atoms with Crippen molar-refractivity contribution in [1.29, 1.82) is 0 Å². The normalized spacial score (nSPS) is 13.1. The van der Waals surface area contributed by atoms with Crippen LogP contribution in [-0.4, -0.2) is 21.3 Å². The van der Waals surface area contributed by atoms with Gasteiger partial charge < -0.3 is 15.4 Å². The molecule has 4 nitrogen and oxygen atoms in total. The Bertz CT molecular complexity index is 553. The highest BCUT2D eigenvalue weighted by Gasteiger charge is 2.16. The van der Waals surface area contributed by atoms with E-state index in [-0.39, 0.29) is 18.5 Å². The molecule has 0 radical (unpaired) electrons. The monoisotopic (exact) mass is 265 g/mol. The molecule has 0 spiro atoms. The van der Waals surface area contributed by atoms with Crippen LogP contribution in [0.4, 0.5) is 4.39 Å². The summed E-state index contributed by atoms with van der Waals surface area (Å²) in [4.78, 5) is 4.43. The number of imidazole rings is 1. The average Bonchev–Trinajstić information content (AvgIpc) is 2.74. The Labute approximate surface area is 112 Å². The third-order valence-electron chi connectivity index (χ3n) is 3.26. The van der Waals surface area contributed by atoms with Crippen molar-refractivity contribution in [2.45, 2.75) is 38.8 Å². The average molecular weight is 265 g/mol. The molecule has 0 amide bonds. The third-order valence-corrected chi connectivity index (χ3v) is 3.26. The molecule has 19 heavy (non-hydrogen) atoms. The van der Waals surface area contributed by atoms with E-state index in [4.69, 9.17) is 5.73 Å². The fourth-order valence-electron chi connectivity index (χ4n) is 2.29. The van der Waals surface area contributed by atoms with Gasteiger partial charge in [0, 0.05) is 12.6 Å². The van der Waals surface area contributed by atoms with Crippen LogP contribution in [0.15, 0.2) is 18.2 Å². The Balaban J connectivity index is 2.43. The van der Waals surface area contributed by atoms with Gasteiger partial charge in [0.05, 0.1) is 23.7 Å². The van der Waals surface area contributed by atoms with Crippen LogP contribution in [0, 0.1) is 5.82 Å². The van der Waals surface area contributed by atoms with E-state index in [1.807, 2.05) is 4.57 Å². The Morgan fingerprint density at radius 1 is 1.47 bits per heavy atom. The maximum atomic E-state index is 13.2. The molecule has 104 valence electrons. The minimum absolute atomic E-state index is 0.0103. The predicted molar refractivity (Wildman–Crippen MR) is 73.2 cm³/mol. The number of benzene rings is 1. The second kappa shape index (κ2) is 6.12. The van der Waals surface area contributed by atoms with Crippen molar-refractivity contribution in [3.8, 4) is 0 Å². The summed E-state index contributed by atoms with van der Waals surface area (Å²) in [6, 6.07) is 4.31. The molecular formula is C14H20FN3O. The van der Waals surface area contributed by atoms with Crippen LogP contribution < -0.4 is 5.73 Å². The zero-order valence-electron chi connectivity index (χ0n) is 11.1. The number of fused-ring (bicyclic) bond motifs is 1. The number of aliphatic hydroxyl groups excluding tert-OH is 1. The molecule has 1 unspecified atom stereocenters. The lowest BCUT2D eigenvalue weighted by Gasteiger charge is -2.13. The van der Waals surface area contributed by atoms with E-state index in [0.29, 0.717) is 12.1 Å². The summed E-state index contributed by atoms with van der Waals surface area (Å²) in [5, 5.41) is 9.17. The number of aromatic nitrogens is 2. The number of rotatable bonds is 6. The zero-order valence-corrected chi connectivity index (χ0v) is 11.1. The number of hydrogen-bond donors (Lipinski definition) is 2. The van der Waals surface area contributed by atoms with E-state index < -0.39 is 0 Å². The maximum absolute atomic E-state index is 13.2. The third kappa shape index (κ3) is 2.93. The Kier molecular flexibility index (Phi) is 4.50.